The van der Waals surface area contributed by atoms with Crippen LogP contribution in [0.15, 0.2) is 35.1 Å². The Morgan fingerprint density at radius 1 is 1.23 bits per heavy atom. The first-order chi connectivity index (χ1) is 6.27. The molecule has 13 heavy (non-hydrogen) atoms. The van der Waals surface area contributed by atoms with Crippen LogP contribution in [0.5, 0.6) is 0 Å². The quantitative estimate of drug-likeness (QED) is 0.695. The largest absolute Gasteiger partial charge is 0.364 e. The molecule has 0 amide bonds. The molecule has 0 N–H and O–H groups in total. The average Bonchev–Trinajstić information content (AvgIpc) is 2.53. The van der Waals surface area contributed by atoms with Crippen LogP contribution in [0.3, 0.4) is 0 Å². The molecule has 2 aromatic rings. The fraction of sp³-hybridized carbons (Fsp3) is 0.100. The minimum Gasteiger partial charge on any atom is -0.364 e. The summed E-state index contributed by atoms with van der Waals surface area (Å²) in [5.41, 5.74) is 2.97. The van der Waals surface area contributed by atoms with E-state index >= 15 is 0 Å². The van der Waals surface area contributed by atoms with Gasteiger partial charge in [-0.25, -0.2) is 0 Å². The molecule has 2 nitrogen and oxygen atoms in total. The summed E-state index contributed by atoms with van der Waals surface area (Å²) in [5.74, 6) is 0. The molecule has 0 spiro atoms. The van der Waals surface area contributed by atoms with Crippen LogP contribution in [0.1, 0.15) is 5.69 Å². The molecule has 0 saturated heterocycles. The number of aryl methyl sites for hydroxylation is 1. The first-order valence-electron chi connectivity index (χ1n) is 3.94. The summed E-state index contributed by atoms with van der Waals surface area (Å²) in [6, 6.07) is 7.59. The molecule has 0 aliphatic heterocycles. The number of hydrogen-bond acceptors (Lipinski definition) is 2. The van der Waals surface area contributed by atoms with Gasteiger partial charge in [0.05, 0.1) is 5.69 Å². The van der Waals surface area contributed by atoms with Gasteiger partial charge in [-0.3, -0.25) is 0 Å². The predicted molar refractivity (Wildman–Crippen MR) is 51.7 cm³/mol. The minimum absolute atomic E-state index is 0.734. The molecule has 0 saturated carbocycles. The van der Waals surface area contributed by atoms with Gasteiger partial charge in [0, 0.05) is 10.6 Å². The van der Waals surface area contributed by atoms with Crippen LogP contribution in [-0.4, -0.2) is 5.16 Å². The monoisotopic (exact) mass is 193 g/mol. The smallest absolute Gasteiger partial charge is 0.131 e. The molecule has 1 aromatic heterocycles. The number of halogens is 1. The van der Waals surface area contributed by atoms with E-state index in [-0.39, 0.29) is 0 Å². The average molecular weight is 194 g/mol. The highest BCUT2D eigenvalue weighted by molar-refractivity contribution is 6.30. The number of nitrogens with zero attached hydrogens (tertiary/aromatic N) is 1. The Morgan fingerprint density at radius 2 is 1.92 bits per heavy atom. The Bertz CT molecular complexity index is 405. The third-order valence-electron chi connectivity index (χ3n) is 1.91. The van der Waals surface area contributed by atoms with E-state index in [1.165, 1.54) is 0 Å². The minimum atomic E-state index is 0.734. The summed E-state index contributed by atoms with van der Waals surface area (Å²) < 4.78 is 4.85. The summed E-state index contributed by atoms with van der Waals surface area (Å²) >= 11 is 5.77. The van der Waals surface area contributed by atoms with Crippen molar-refractivity contribution in [1.82, 2.24) is 5.16 Å². The Morgan fingerprint density at radius 3 is 2.46 bits per heavy atom. The van der Waals surface area contributed by atoms with E-state index in [4.69, 9.17) is 16.1 Å². The van der Waals surface area contributed by atoms with Crippen LogP contribution >= 0.6 is 11.6 Å². The number of aromatic nitrogens is 1. The molecule has 66 valence electrons. The predicted octanol–water partition coefficient (Wildman–Crippen LogP) is 3.30. The van der Waals surface area contributed by atoms with Crippen LogP contribution in [0.2, 0.25) is 5.02 Å². The molecule has 0 atom stereocenters. The van der Waals surface area contributed by atoms with Crippen molar-refractivity contribution in [1.29, 1.82) is 0 Å². The van der Waals surface area contributed by atoms with Gasteiger partial charge in [0.1, 0.15) is 6.26 Å². The summed E-state index contributed by atoms with van der Waals surface area (Å²) in [5, 5.41) is 4.54. The zero-order chi connectivity index (χ0) is 9.26. The maximum atomic E-state index is 5.77. The van der Waals surface area contributed by atoms with Gasteiger partial charge in [-0.05, 0) is 24.6 Å². The first-order valence-corrected chi connectivity index (χ1v) is 4.32. The van der Waals surface area contributed by atoms with Gasteiger partial charge in [0.25, 0.3) is 0 Å². The maximum Gasteiger partial charge on any atom is 0.131 e. The SMILES string of the molecule is Cc1nocc1-c1ccc(Cl)cc1. The lowest BCUT2D eigenvalue weighted by Gasteiger charge is -1.96. The Labute approximate surface area is 81.1 Å². The lowest BCUT2D eigenvalue weighted by Crippen LogP contribution is -1.77. The molecular weight excluding hydrogens is 186 g/mol. The van der Waals surface area contributed by atoms with E-state index in [1.807, 2.05) is 31.2 Å². The van der Waals surface area contributed by atoms with Gasteiger partial charge in [0.2, 0.25) is 0 Å². The van der Waals surface area contributed by atoms with Crippen LogP contribution in [-0.2, 0) is 0 Å². The second kappa shape index (κ2) is 3.23. The standard InChI is InChI=1S/C10H8ClNO/c1-7-10(6-13-12-7)8-2-4-9(11)5-3-8/h2-6H,1H3. The summed E-state index contributed by atoms with van der Waals surface area (Å²) in [6.45, 7) is 1.91. The summed E-state index contributed by atoms with van der Waals surface area (Å²) in [4.78, 5) is 0. The Balaban J connectivity index is 2.47. The fourth-order valence-corrected chi connectivity index (χ4v) is 1.32. The lowest BCUT2D eigenvalue weighted by molar-refractivity contribution is 0.415. The summed E-state index contributed by atoms with van der Waals surface area (Å²) in [7, 11) is 0. The number of hydrogen-bond donors (Lipinski definition) is 0. The van der Waals surface area contributed by atoms with Crippen molar-refractivity contribution in [2.45, 2.75) is 6.92 Å². The van der Waals surface area contributed by atoms with Crippen LogP contribution in [0.4, 0.5) is 0 Å². The molecule has 0 aliphatic carbocycles. The van der Waals surface area contributed by atoms with Gasteiger partial charge in [-0.15, -0.1) is 0 Å². The maximum absolute atomic E-state index is 5.77. The van der Waals surface area contributed by atoms with Gasteiger partial charge in [0.15, 0.2) is 0 Å². The second-order valence-corrected chi connectivity index (χ2v) is 3.26. The lowest BCUT2D eigenvalue weighted by atomic mass is 10.1. The Hall–Kier alpha value is -1.28. The highest BCUT2D eigenvalue weighted by atomic mass is 35.5. The van der Waals surface area contributed by atoms with E-state index in [9.17, 15) is 0 Å². The third kappa shape index (κ3) is 1.58. The molecule has 0 aliphatic rings. The molecule has 1 aromatic carbocycles. The molecule has 2 rings (SSSR count). The van der Waals surface area contributed by atoms with E-state index in [0.717, 1.165) is 21.8 Å². The number of rotatable bonds is 1. The first kappa shape index (κ1) is 8.32. The van der Waals surface area contributed by atoms with Gasteiger partial charge in [-0.1, -0.05) is 28.9 Å². The fourth-order valence-electron chi connectivity index (χ4n) is 1.20. The third-order valence-corrected chi connectivity index (χ3v) is 2.16. The molecule has 1 heterocycles. The highest BCUT2D eigenvalue weighted by Crippen LogP contribution is 2.23. The molecule has 0 fully saturated rings. The van der Waals surface area contributed by atoms with Crippen molar-refractivity contribution in [3.05, 3.63) is 41.2 Å². The molecule has 0 bridgehead atoms. The van der Waals surface area contributed by atoms with Crippen molar-refractivity contribution >= 4 is 11.6 Å². The van der Waals surface area contributed by atoms with Gasteiger partial charge >= 0.3 is 0 Å². The molecule has 0 unspecified atom stereocenters. The van der Waals surface area contributed by atoms with Crippen molar-refractivity contribution in [2.75, 3.05) is 0 Å². The normalized spacial score (nSPS) is 10.3. The van der Waals surface area contributed by atoms with Gasteiger partial charge in [-0.2, -0.15) is 0 Å². The van der Waals surface area contributed by atoms with Crippen molar-refractivity contribution in [2.24, 2.45) is 0 Å². The van der Waals surface area contributed by atoms with Crippen molar-refractivity contribution < 1.29 is 4.52 Å². The van der Waals surface area contributed by atoms with Crippen LogP contribution < -0.4 is 0 Å². The van der Waals surface area contributed by atoms with E-state index in [2.05, 4.69) is 5.16 Å². The van der Waals surface area contributed by atoms with E-state index in [0.29, 0.717) is 0 Å². The van der Waals surface area contributed by atoms with Crippen LogP contribution in [0.25, 0.3) is 11.1 Å². The zero-order valence-corrected chi connectivity index (χ0v) is 7.88. The zero-order valence-electron chi connectivity index (χ0n) is 7.12. The topological polar surface area (TPSA) is 26.0 Å². The van der Waals surface area contributed by atoms with Crippen LogP contribution in [0, 0.1) is 6.92 Å². The molecule has 3 heteroatoms. The highest BCUT2D eigenvalue weighted by Gasteiger charge is 2.04. The summed E-state index contributed by atoms with van der Waals surface area (Å²) in [6.07, 6.45) is 1.64. The van der Waals surface area contributed by atoms with Crippen molar-refractivity contribution in [3.63, 3.8) is 0 Å². The molecule has 0 radical (unpaired) electrons. The second-order valence-electron chi connectivity index (χ2n) is 2.82. The van der Waals surface area contributed by atoms with Crippen molar-refractivity contribution in [3.8, 4) is 11.1 Å². The number of benzene rings is 1. The van der Waals surface area contributed by atoms with E-state index < -0.39 is 0 Å². The van der Waals surface area contributed by atoms with Gasteiger partial charge < -0.3 is 4.52 Å². The molecular formula is C10H8ClNO. The Kier molecular flexibility index (Phi) is 2.07. The van der Waals surface area contributed by atoms with E-state index in [1.54, 1.807) is 6.26 Å².